The van der Waals surface area contributed by atoms with Crippen LogP contribution in [-0.2, 0) is 24.2 Å². The molecule has 2 aromatic carbocycles. The normalized spacial score (nSPS) is 16.9. The lowest BCUT2D eigenvalue weighted by Gasteiger charge is -2.24. The molecule has 0 bridgehead atoms. The number of carbonyl (C=O) groups excluding carboxylic acids is 3. The van der Waals surface area contributed by atoms with Gasteiger partial charge in [-0.1, -0.05) is 22.4 Å². The molecular formula is C25H23N7O6S. The molecule has 1 aliphatic heterocycles. The minimum Gasteiger partial charge on any atom is -0.593 e. The van der Waals surface area contributed by atoms with Gasteiger partial charge in [-0.3, -0.25) is 34.2 Å². The van der Waals surface area contributed by atoms with Gasteiger partial charge >= 0.3 is 0 Å². The first-order valence-electron chi connectivity index (χ1n) is 11.8. The number of imide groups is 1. The maximum atomic E-state index is 13.4. The third kappa shape index (κ3) is 5.19. The van der Waals surface area contributed by atoms with Crippen LogP contribution in [0.4, 0.5) is 11.4 Å². The molecule has 1 aliphatic rings. The molecule has 13 nitrogen and oxygen atoms in total. The maximum Gasteiger partial charge on any atom is 0.262 e. The number of benzene rings is 2. The molecule has 3 amide bonds. The van der Waals surface area contributed by atoms with Gasteiger partial charge in [0.25, 0.3) is 11.5 Å². The van der Waals surface area contributed by atoms with Crippen molar-refractivity contribution >= 4 is 50.4 Å². The van der Waals surface area contributed by atoms with Gasteiger partial charge in [-0.05, 0) is 37.6 Å². The highest BCUT2D eigenvalue weighted by Crippen LogP contribution is 2.27. The Labute approximate surface area is 222 Å². The lowest BCUT2D eigenvalue weighted by Crippen LogP contribution is -2.45. The average Bonchev–Trinajstić information content (AvgIpc) is 3.35. The van der Waals surface area contributed by atoms with Gasteiger partial charge in [0, 0.05) is 12.0 Å². The van der Waals surface area contributed by atoms with E-state index in [1.54, 1.807) is 49.4 Å². The van der Waals surface area contributed by atoms with Crippen molar-refractivity contribution in [3.8, 4) is 11.3 Å². The van der Waals surface area contributed by atoms with E-state index in [2.05, 4.69) is 30.5 Å². The number of hydrogen-bond acceptors (Lipinski definition) is 8. The third-order valence-corrected chi connectivity index (χ3v) is 6.84. The molecule has 2 aromatic heterocycles. The SMILES string of the molecule is Cc1nc2c(NC(=O)c3cn[nH]c3-c3ccc(N[S+](C)(=O)[O-])cc3)cccc2c(=O)n1C1CCC(=O)NC1=O. The van der Waals surface area contributed by atoms with Gasteiger partial charge in [0.15, 0.2) is 0 Å². The summed E-state index contributed by atoms with van der Waals surface area (Å²) in [5.74, 6) is -1.20. The van der Waals surface area contributed by atoms with E-state index in [1.807, 2.05) is 0 Å². The summed E-state index contributed by atoms with van der Waals surface area (Å²) in [6, 6.07) is 10.3. The molecule has 4 N–H and O–H groups in total. The van der Waals surface area contributed by atoms with Crippen molar-refractivity contribution in [1.82, 2.24) is 25.1 Å². The summed E-state index contributed by atoms with van der Waals surface area (Å²) in [4.78, 5) is 55.1. The topological polar surface area (TPSA) is 191 Å². The van der Waals surface area contributed by atoms with Crippen LogP contribution in [0, 0.1) is 6.92 Å². The van der Waals surface area contributed by atoms with Crippen LogP contribution in [0.1, 0.15) is 35.1 Å². The summed E-state index contributed by atoms with van der Waals surface area (Å²) < 4.78 is 26.6. The number of aromatic nitrogens is 4. The monoisotopic (exact) mass is 549 g/mol. The first-order chi connectivity index (χ1) is 18.5. The van der Waals surface area contributed by atoms with Crippen LogP contribution in [0.3, 0.4) is 0 Å². The molecule has 1 saturated heterocycles. The Balaban J connectivity index is 1.45. The minimum atomic E-state index is -3.44. The van der Waals surface area contributed by atoms with E-state index in [4.69, 9.17) is 0 Å². The zero-order valence-electron chi connectivity index (χ0n) is 20.8. The zero-order valence-corrected chi connectivity index (χ0v) is 21.6. The molecule has 39 heavy (non-hydrogen) atoms. The van der Waals surface area contributed by atoms with Crippen LogP contribution in [0.5, 0.6) is 0 Å². The van der Waals surface area contributed by atoms with Crippen LogP contribution < -0.4 is 20.9 Å². The summed E-state index contributed by atoms with van der Waals surface area (Å²) in [7, 11) is -3.44. The van der Waals surface area contributed by atoms with Crippen LogP contribution in [0.2, 0.25) is 0 Å². The Morgan fingerprint density at radius 2 is 1.90 bits per heavy atom. The molecule has 0 aliphatic carbocycles. The predicted octanol–water partition coefficient (Wildman–Crippen LogP) is 1.91. The molecule has 0 spiro atoms. The number of anilines is 2. The van der Waals surface area contributed by atoms with Crippen molar-refractivity contribution in [2.24, 2.45) is 0 Å². The van der Waals surface area contributed by atoms with Crippen molar-refractivity contribution in [2.45, 2.75) is 25.8 Å². The number of piperidine rings is 1. The lowest BCUT2D eigenvalue weighted by atomic mass is 10.1. The first kappa shape index (κ1) is 25.9. The highest BCUT2D eigenvalue weighted by Gasteiger charge is 2.30. The Morgan fingerprint density at radius 1 is 1.15 bits per heavy atom. The second-order valence-electron chi connectivity index (χ2n) is 9.07. The van der Waals surface area contributed by atoms with Crippen molar-refractivity contribution in [3.63, 3.8) is 0 Å². The fraction of sp³-hybridized carbons (Fsp3) is 0.200. The largest absolute Gasteiger partial charge is 0.593 e. The Kier molecular flexibility index (Phi) is 6.57. The number of aryl methyl sites for hydroxylation is 1. The summed E-state index contributed by atoms with van der Waals surface area (Å²) in [6.07, 6.45) is 2.70. The van der Waals surface area contributed by atoms with Crippen molar-refractivity contribution < 1.29 is 23.1 Å². The number of sulfonamides is 1. The predicted molar refractivity (Wildman–Crippen MR) is 143 cm³/mol. The standard InChI is InChI=1S/C25H23N7O6S/c1-13-27-22-16(25(36)32(13)19-10-11-20(33)29-24(19)35)4-3-5-18(22)28-23(34)17-12-26-30-21(17)14-6-8-15(9-7-14)31-39(2,37)38/h3-9,12,19H,10-11H2,1-2H3,(H4-,26,28,29,30,31,33,34,35,37,38). The maximum absolute atomic E-state index is 13.4. The molecular weight excluding hydrogens is 526 g/mol. The molecule has 5 rings (SSSR count). The summed E-state index contributed by atoms with van der Waals surface area (Å²) >= 11 is 0. The number of nitrogens with one attached hydrogen (secondary N) is 4. The van der Waals surface area contributed by atoms with Gasteiger partial charge in [0.2, 0.25) is 11.8 Å². The van der Waals surface area contributed by atoms with E-state index < -0.39 is 33.8 Å². The van der Waals surface area contributed by atoms with Crippen molar-refractivity contribution in [1.29, 1.82) is 0 Å². The van der Waals surface area contributed by atoms with E-state index in [-0.39, 0.29) is 46.7 Å². The Morgan fingerprint density at radius 3 is 2.59 bits per heavy atom. The van der Waals surface area contributed by atoms with E-state index in [1.165, 1.54) is 10.8 Å². The summed E-state index contributed by atoms with van der Waals surface area (Å²) in [5, 5.41) is 12.0. The fourth-order valence-corrected chi connectivity index (χ4v) is 5.08. The van der Waals surface area contributed by atoms with E-state index in [9.17, 15) is 27.9 Å². The molecule has 200 valence electrons. The molecule has 1 fully saturated rings. The number of amides is 3. The minimum absolute atomic E-state index is 0.112. The molecule has 0 saturated carbocycles. The third-order valence-electron chi connectivity index (χ3n) is 6.24. The van der Waals surface area contributed by atoms with Gasteiger partial charge in [0.1, 0.15) is 34.0 Å². The first-order valence-corrected chi connectivity index (χ1v) is 13.7. The van der Waals surface area contributed by atoms with Crippen LogP contribution in [0.15, 0.2) is 53.5 Å². The summed E-state index contributed by atoms with van der Waals surface area (Å²) in [6.45, 7) is 1.58. The average molecular weight is 550 g/mol. The van der Waals surface area contributed by atoms with Crippen molar-refractivity contribution in [2.75, 3.05) is 16.3 Å². The smallest absolute Gasteiger partial charge is 0.262 e. The van der Waals surface area contributed by atoms with E-state index >= 15 is 0 Å². The van der Waals surface area contributed by atoms with Gasteiger partial charge in [-0.15, -0.1) is 0 Å². The second kappa shape index (κ2) is 9.89. The quantitative estimate of drug-likeness (QED) is 0.207. The Bertz CT molecular complexity index is 1740. The molecule has 0 radical (unpaired) electrons. The van der Waals surface area contributed by atoms with E-state index in [0.29, 0.717) is 16.9 Å². The summed E-state index contributed by atoms with van der Waals surface area (Å²) in [5.41, 5.74) is 1.65. The van der Waals surface area contributed by atoms with Crippen LogP contribution in [0.25, 0.3) is 22.2 Å². The number of carbonyl (C=O) groups is 3. The highest BCUT2D eigenvalue weighted by atomic mass is 32.3. The van der Waals surface area contributed by atoms with Gasteiger partial charge in [-0.25, -0.2) is 9.71 Å². The molecule has 2 unspecified atom stereocenters. The number of fused-ring (bicyclic) bond motifs is 1. The Hall–Kier alpha value is -4.69. The highest BCUT2D eigenvalue weighted by molar-refractivity contribution is 7.98. The molecule has 4 aromatic rings. The number of hydrogen-bond donors (Lipinski definition) is 4. The van der Waals surface area contributed by atoms with E-state index in [0.717, 1.165) is 6.26 Å². The molecule has 14 heteroatoms. The lowest BCUT2D eigenvalue weighted by molar-refractivity contribution is -0.135. The van der Waals surface area contributed by atoms with Crippen LogP contribution >= 0.6 is 0 Å². The van der Waals surface area contributed by atoms with Gasteiger partial charge in [0.05, 0.1) is 34.2 Å². The number of nitrogens with zero attached hydrogens (tertiary/aromatic N) is 3. The second-order valence-corrected chi connectivity index (χ2v) is 10.8. The molecule has 3 heterocycles. The van der Waals surface area contributed by atoms with Gasteiger partial charge in [-0.2, -0.15) is 5.10 Å². The fourth-order valence-electron chi connectivity index (χ4n) is 4.51. The number of H-pyrrole nitrogens is 1. The zero-order chi connectivity index (χ0) is 27.9. The van der Waals surface area contributed by atoms with Crippen molar-refractivity contribution in [3.05, 3.63) is 70.4 Å². The number of rotatable bonds is 6. The number of para-hydroxylation sites is 1. The van der Waals surface area contributed by atoms with Gasteiger partial charge < -0.3 is 9.87 Å². The van der Waals surface area contributed by atoms with Crippen LogP contribution in [-0.4, -0.2) is 48.3 Å². The number of aromatic amines is 1. The molecule has 2 atom stereocenters.